The molecule has 0 radical (unpaired) electrons. The summed E-state index contributed by atoms with van der Waals surface area (Å²) in [6.07, 6.45) is -4.05. The van der Waals surface area contributed by atoms with Gasteiger partial charge in [0.05, 0.1) is 17.7 Å². The molecule has 2 atom stereocenters. The Morgan fingerprint density at radius 1 is 1.08 bits per heavy atom. The summed E-state index contributed by atoms with van der Waals surface area (Å²) in [5.74, 6) is -1.06. The fourth-order valence-electron chi connectivity index (χ4n) is 5.14. The van der Waals surface area contributed by atoms with Crippen LogP contribution in [0, 0.1) is 6.92 Å². The number of aryl methyl sites for hydroxylation is 1. The molecule has 0 bridgehead atoms. The van der Waals surface area contributed by atoms with Crippen LogP contribution in [0.2, 0.25) is 5.02 Å². The first-order valence-electron chi connectivity index (χ1n) is 12.2. The van der Waals surface area contributed by atoms with Gasteiger partial charge in [-0.1, -0.05) is 23.7 Å². The van der Waals surface area contributed by atoms with Crippen molar-refractivity contribution in [2.45, 2.75) is 44.1 Å². The van der Waals surface area contributed by atoms with E-state index < -0.39 is 18.1 Å². The van der Waals surface area contributed by atoms with Gasteiger partial charge in [-0.2, -0.15) is 13.2 Å². The molecule has 1 aromatic heterocycles. The largest absolute Gasteiger partial charge is 0.451 e. The Morgan fingerprint density at radius 2 is 1.78 bits per heavy atom. The molecule has 0 spiro atoms. The number of benzene rings is 2. The Morgan fingerprint density at radius 3 is 2.46 bits per heavy atom. The van der Waals surface area contributed by atoms with Crippen molar-refractivity contribution in [3.63, 3.8) is 0 Å². The summed E-state index contributed by atoms with van der Waals surface area (Å²) >= 11 is 5.91. The highest BCUT2D eigenvalue weighted by molar-refractivity contribution is 6.30. The number of nitrogens with one attached hydrogen (secondary N) is 1. The van der Waals surface area contributed by atoms with Gasteiger partial charge >= 0.3 is 6.18 Å². The average molecular weight is 534 g/mol. The number of β-amino-alcohol motifs (C(OH)–C–C–N with tert-alkyl or cyclic N) is 1. The zero-order chi connectivity index (χ0) is 26.3. The number of aromatic nitrogens is 2. The molecule has 3 heterocycles. The first-order chi connectivity index (χ1) is 17.6. The molecule has 2 aliphatic heterocycles. The molecule has 2 aliphatic rings. The third kappa shape index (κ3) is 5.37. The van der Waals surface area contributed by atoms with Crippen LogP contribution >= 0.6 is 11.6 Å². The Balaban J connectivity index is 1.27. The number of anilines is 1. The van der Waals surface area contributed by atoms with Crippen molar-refractivity contribution < 1.29 is 23.1 Å². The fourth-order valence-corrected chi connectivity index (χ4v) is 5.26. The van der Waals surface area contributed by atoms with Gasteiger partial charge in [0.2, 0.25) is 5.82 Å². The zero-order valence-corrected chi connectivity index (χ0v) is 20.9. The number of fused-ring (bicyclic) bond motifs is 1. The van der Waals surface area contributed by atoms with E-state index in [9.17, 15) is 23.1 Å². The van der Waals surface area contributed by atoms with Crippen LogP contribution in [0.5, 0.6) is 0 Å². The number of alkyl halides is 3. The van der Waals surface area contributed by atoms with Gasteiger partial charge in [-0.15, -0.1) is 0 Å². The standard InChI is InChI=1S/C26H27ClF3N5O2/c1-15-3-2-4-19-22(15)23(33-25(32-19)26(28,29)30)35-13-20(21(36)14-35)31-18-9-11-34(12-10-18)24(37)16-5-7-17(27)8-6-16/h2-8,18,20-21,31,36H,9-14H2,1H3/t20-,21-/m1/s1. The quantitative estimate of drug-likeness (QED) is 0.526. The molecular formula is C26H27ClF3N5O2. The molecule has 7 nitrogen and oxygen atoms in total. The molecule has 2 saturated heterocycles. The molecule has 2 N–H and O–H groups in total. The maximum atomic E-state index is 13.5. The van der Waals surface area contributed by atoms with Gasteiger partial charge in [-0.25, -0.2) is 9.97 Å². The van der Waals surface area contributed by atoms with Crippen molar-refractivity contribution in [1.29, 1.82) is 0 Å². The first kappa shape index (κ1) is 25.7. The van der Waals surface area contributed by atoms with Crippen molar-refractivity contribution in [2.75, 3.05) is 31.1 Å². The van der Waals surface area contributed by atoms with Crippen molar-refractivity contribution in [3.8, 4) is 0 Å². The number of aliphatic hydroxyl groups is 1. The maximum absolute atomic E-state index is 13.5. The molecule has 2 aromatic carbocycles. The van der Waals surface area contributed by atoms with E-state index in [1.807, 2.05) is 13.0 Å². The SMILES string of the molecule is Cc1cccc2nc(C(F)(F)F)nc(N3C[C@@H](O)[C@H](NC4CCN(C(=O)c5ccc(Cl)cc5)CC4)C3)c12. The van der Waals surface area contributed by atoms with Crippen LogP contribution in [0.15, 0.2) is 42.5 Å². The fraction of sp³-hybridized carbons (Fsp3) is 0.423. The highest BCUT2D eigenvalue weighted by atomic mass is 35.5. The minimum absolute atomic E-state index is 0.0475. The number of piperidine rings is 1. The molecule has 0 unspecified atom stereocenters. The smallest absolute Gasteiger partial charge is 0.390 e. The van der Waals surface area contributed by atoms with Crippen LogP contribution in [0.4, 0.5) is 19.0 Å². The van der Waals surface area contributed by atoms with Crippen LogP contribution in [0.1, 0.15) is 34.6 Å². The lowest BCUT2D eigenvalue weighted by molar-refractivity contribution is -0.144. The number of carbonyl (C=O) groups excluding carboxylic acids is 1. The van der Waals surface area contributed by atoms with Crippen LogP contribution in [0.3, 0.4) is 0 Å². The van der Waals surface area contributed by atoms with Crippen molar-refractivity contribution in [3.05, 3.63) is 64.4 Å². The van der Waals surface area contributed by atoms with E-state index in [1.165, 1.54) is 0 Å². The lowest BCUT2D eigenvalue weighted by atomic mass is 10.0. The van der Waals surface area contributed by atoms with Crippen LogP contribution in [0.25, 0.3) is 10.9 Å². The van der Waals surface area contributed by atoms with Gasteiger partial charge in [-0.3, -0.25) is 4.79 Å². The molecule has 0 aliphatic carbocycles. The van der Waals surface area contributed by atoms with Crippen LogP contribution < -0.4 is 10.2 Å². The lowest BCUT2D eigenvalue weighted by Gasteiger charge is -2.34. The van der Waals surface area contributed by atoms with E-state index in [0.29, 0.717) is 48.4 Å². The van der Waals surface area contributed by atoms with E-state index in [4.69, 9.17) is 11.6 Å². The predicted octanol–water partition coefficient (Wildman–Crippen LogP) is 4.05. The third-order valence-electron chi connectivity index (χ3n) is 7.08. The van der Waals surface area contributed by atoms with Gasteiger partial charge < -0.3 is 20.2 Å². The number of halogens is 4. The maximum Gasteiger partial charge on any atom is 0.451 e. The van der Waals surface area contributed by atoms with E-state index in [2.05, 4.69) is 15.3 Å². The zero-order valence-electron chi connectivity index (χ0n) is 20.2. The molecule has 1 amide bonds. The second kappa shape index (κ2) is 10.1. The Labute approximate surface area is 217 Å². The topological polar surface area (TPSA) is 81.6 Å². The van der Waals surface area contributed by atoms with Gasteiger partial charge in [0.1, 0.15) is 5.82 Å². The van der Waals surface area contributed by atoms with E-state index >= 15 is 0 Å². The minimum Gasteiger partial charge on any atom is -0.390 e. The summed E-state index contributed by atoms with van der Waals surface area (Å²) in [4.78, 5) is 23.9. The molecule has 2 fully saturated rings. The molecule has 0 saturated carbocycles. The van der Waals surface area contributed by atoms with Crippen LogP contribution in [-0.2, 0) is 6.18 Å². The summed E-state index contributed by atoms with van der Waals surface area (Å²) < 4.78 is 40.6. The Kier molecular flexibility index (Phi) is 6.99. The number of hydrogen-bond acceptors (Lipinski definition) is 6. The van der Waals surface area contributed by atoms with Gasteiger partial charge in [-0.05, 0) is 55.7 Å². The number of rotatable bonds is 4. The Bertz CT molecular complexity index is 1300. The number of aliphatic hydroxyl groups excluding tert-OH is 1. The Hall–Kier alpha value is -2.95. The molecular weight excluding hydrogens is 507 g/mol. The van der Waals surface area contributed by atoms with Gasteiger partial charge in [0.25, 0.3) is 5.91 Å². The number of hydrogen-bond donors (Lipinski definition) is 2. The second-order valence-electron chi connectivity index (χ2n) is 9.66. The number of amides is 1. The van der Waals surface area contributed by atoms with E-state index in [-0.39, 0.29) is 35.9 Å². The summed E-state index contributed by atoms with van der Waals surface area (Å²) in [5, 5.41) is 15.4. The normalized spacial score (nSPS) is 21.1. The molecule has 11 heteroatoms. The van der Waals surface area contributed by atoms with Crippen molar-refractivity contribution >= 4 is 34.2 Å². The van der Waals surface area contributed by atoms with E-state index in [0.717, 1.165) is 5.56 Å². The summed E-state index contributed by atoms with van der Waals surface area (Å²) in [5.41, 5.74) is 1.58. The number of nitrogens with zero attached hydrogens (tertiary/aromatic N) is 4. The predicted molar refractivity (Wildman–Crippen MR) is 135 cm³/mol. The highest BCUT2D eigenvalue weighted by Crippen LogP contribution is 2.34. The third-order valence-corrected chi connectivity index (χ3v) is 7.33. The molecule has 37 heavy (non-hydrogen) atoms. The second-order valence-corrected chi connectivity index (χ2v) is 10.1. The van der Waals surface area contributed by atoms with Gasteiger partial charge in [0.15, 0.2) is 0 Å². The van der Waals surface area contributed by atoms with Crippen molar-refractivity contribution in [2.24, 2.45) is 0 Å². The molecule has 3 aromatic rings. The number of carbonyl (C=O) groups is 1. The van der Waals surface area contributed by atoms with Gasteiger partial charge in [0, 0.05) is 48.2 Å². The minimum atomic E-state index is -4.68. The first-order valence-corrected chi connectivity index (χ1v) is 12.6. The lowest BCUT2D eigenvalue weighted by Crippen LogP contribution is -2.50. The summed E-state index contributed by atoms with van der Waals surface area (Å²) in [6, 6.07) is 11.6. The number of likely N-dealkylation sites (tertiary alicyclic amines) is 1. The molecule has 196 valence electrons. The van der Waals surface area contributed by atoms with Crippen LogP contribution in [-0.4, -0.2) is 70.2 Å². The summed E-state index contributed by atoms with van der Waals surface area (Å²) in [6.45, 7) is 3.41. The molecule has 5 rings (SSSR count). The monoisotopic (exact) mass is 533 g/mol. The van der Waals surface area contributed by atoms with Crippen molar-refractivity contribution in [1.82, 2.24) is 20.2 Å². The van der Waals surface area contributed by atoms with E-state index in [1.54, 1.807) is 46.2 Å². The highest BCUT2D eigenvalue weighted by Gasteiger charge is 2.39. The summed E-state index contributed by atoms with van der Waals surface area (Å²) in [7, 11) is 0. The average Bonchev–Trinajstić information content (AvgIpc) is 3.23.